The Bertz CT molecular complexity index is 474. The lowest BCUT2D eigenvalue weighted by molar-refractivity contribution is 0.454. The van der Waals surface area contributed by atoms with Gasteiger partial charge in [-0.1, -0.05) is 13.8 Å². The molecule has 74 valence electrons. The predicted molar refractivity (Wildman–Crippen MR) is 53.5 cm³/mol. The van der Waals surface area contributed by atoms with Crippen LogP contribution in [0.2, 0.25) is 0 Å². The van der Waals surface area contributed by atoms with Gasteiger partial charge < -0.3 is 15.2 Å². The number of aromatic hydroxyl groups is 2. The number of nitrogens with zero attached hydrogens (tertiary/aromatic N) is 1. The molecule has 0 fully saturated rings. The molecular weight excluding hydrogens is 180 g/mol. The van der Waals surface area contributed by atoms with Crippen LogP contribution in [-0.4, -0.2) is 20.2 Å². The SMILES string of the molecule is CC(C)c1nc2c(O)cc(O)cc2[nH]1. The van der Waals surface area contributed by atoms with E-state index in [0.717, 1.165) is 5.82 Å². The molecule has 2 aromatic rings. The highest BCUT2D eigenvalue weighted by atomic mass is 16.3. The van der Waals surface area contributed by atoms with Crippen LogP contribution in [-0.2, 0) is 0 Å². The monoisotopic (exact) mass is 192 g/mol. The zero-order valence-electron chi connectivity index (χ0n) is 8.07. The molecule has 1 aromatic carbocycles. The van der Waals surface area contributed by atoms with E-state index in [4.69, 9.17) is 0 Å². The molecule has 0 aliphatic rings. The third-order valence-electron chi connectivity index (χ3n) is 2.12. The Morgan fingerprint density at radius 1 is 1.29 bits per heavy atom. The summed E-state index contributed by atoms with van der Waals surface area (Å²) in [6.07, 6.45) is 0. The molecule has 3 N–H and O–H groups in total. The van der Waals surface area contributed by atoms with Crippen LogP contribution in [0, 0.1) is 0 Å². The van der Waals surface area contributed by atoms with E-state index in [9.17, 15) is 10.2 Å². The molecule has 0 spiro atoms. The van der Waals surface area contributed by atoms with Crippen molar-refractivity contribution in [2.24, 2.45) is 0 Å². The Balaban J connectivity index is 2.70. The fourth-order valence-corrected chi connectivity index (χ4v) is 1.38. The molecule has 0 radical (unpaired) electrons. The minimum atomic E-state index is 0.00292. The van der Waals surface area contributed by atoms with Crippen LogP contribution in [0.3, 0.4) is 0 Å². The highest BCUT2D eigenvalue weighted by molar-refractivity contribution is 5.83. The lowest BCUT2D eigenvalue weighted by Gasteiger charge is -1.95. The first-order chi connectivity index (χ1) is 6.58. The normalized spacial score (nSPS) is 11.4. The number of H-pyrrole nitrogens is 1. The number of aromatic amines is 1. The van der Waals surface area contributed by atoms with Crippen LogP contribution in [0.1, 0.15) is 25.6 Å². The number of phenolic OH excluding ortho intramolecular Hbond substituents is 2. The minimum absolute atomic E-state index is 0.00292. The molecule has 1 heterocycles. The van der Waals surface area contributed by atoms with E-state index in [0.29, 0.717) is 11.0 Å². The first kappa shape index (κ1) is 8.87. The van der Waals surface area contributed by atoms with Crippen molar-refractivity contribution in [1.29, 1.82) is 0 Å². The molecule has 0 saturated heterocycles. The van der Waals surface area contributed by atoms with Crippen molar-refractivity contribution in [2.75, 3.05) is 0 Å². The Morgan fingerprint density at radius 3 is 2.64 bits per heavy atom. The van der Waals surface area contributed by atoms with Gasteiger partial charge in [0, 0.05) is 18.1 Å². The summed E-state index contributed by atoms with van der Waals surface area (Å²) in [7, 11) is 0. The average molecular weight is 192 g/mol. The third-order valence-corrected chi connectivity index (χ3v) is 2.12. The van der Waals surface area contributed by atoms with Gasteiger partial charge in [0.2, 0.25) is 0 Å². The molecule has 4 nitrogen and oxygen atoms in total. The zero-order valence-corrected chi connectivity index (χ0v) is 8.07. The standard InChI is InChI=1S/C10H12N2O2/c1-5(2)10-11-7-3-6(13)4-8(14)9(7)12-10/h3-5,13-14H,1-2H3,(H,11,12). The highest BCUT2D eigenvalue weighted by Gasteiger charge is 2.10. The van der Waals surface area contributed by atoms with Gasteiger partial charge in [-0.2, -0.15) is 0 Å². The number of benzene rings is 1. The molecule has 4 heteroatoms. The Kier molecular flexibility index (Phi) is 1.84. The second-order valence-electron chi connectivity index (χ2n) is 3.64. The molecule has 1 aromatic heterocycles. The predicted octanol–water partition coefficient (Wildman–Crippen LogP) is 2.10. The summed E-state index contributed by atoms with van der Waals surface area (Å²) in [6, 6.07) is 2.83. The summed E-state index contributed by atoms with van der Waals surface area (Å²) < 4.78 is 0. The summed E-state index contributed by atoms with van der Waals surface area (Å²) in [5, 5.41) is 18.8. The van der Waals surface area contributed by atoms with E-state index in [-0.39, 0.29) is 17.4 Å². The molecular formula is C10H12N2O2. The van der Waals surface area contributed by atoms with Crippen molar-refractivity contribution < 1.29 is 10.2 Å². The number of phenols is 2. The molecule has 0 bridgehead atoms. The summed E-state index contributed by atoms with van der Waals surface area (Å²) in [5.41, 5.74) is 1.16. The van der Waals surface area contributed by atoms with Crippen LogP contribution in [0.25, 0.3) is 11.0 Å². The van der Waals surface area contributed by atoms with E-state index in [1.54, 1.807) is 6.07 Å². The minimum Gasteiger partial charge on any atom is -0.508 e. The number of hydrogen-bond donors (Lipinski definition) is 3. The van der Waals surface area contributed by atoms with Gasteiger partial charge in [-0.05, 0) is 0 Å². The van der Waals surface area contributed by atoms with Gasteiger partial charge >= 0.3 is 0 Å². The van der Waals surface area contributed by atoms with Crippen LogP contribution < -0.4 is 0 Å². The van der Waals surface area contributed by atoms with Gasteiger partial charge in [0.15, 0.2) is 0 Å². The van der Waals surface area contributed by atoms with E-state index in [1.165, 1.54) is 6.07 Å². The first-order valence-electron chi connectivity index (χ1n) is 4.49. The largest absolute Gasteiger partial charge is 0.508 e. The number of fused-ring (bicyclic) bond motifs is 1. The third kappa shape index (κ3) is 1.28. The lowest BCUT2D eigenvalue weighted by Crippen LogP contribution is -1.88. The number of rotatable bonds is 1. The maximum Gasteiger partial charge on any atom is 0.147 e. The zero-order chi connectivity index (χ0) is 10.3. The van der Waals surface area contributed by atoms with E-state index in [2.05, 4.69) is 9.97 Å². The van der Waals surface area contributed by atoms with Crippen LogP contribution in [0.4, 0.5) is 0 Å². The van der Waals surface area contributed by atoms with Crippen molar-refractivity contribution in [3.8, 4) is 11.5 Å². The number of hydrogen-bond acceptors (Lipinski definition) is 3. The van der Waals surface area contributed by atoms with Gasteiger partial charge in [-0.3, -0.25) is 0 Å². The van der Waals surface area contributed by atoms with Gasteiger partial charge in [-0.15, -0.1) is 0 Å². The second kappa shape index (κ2) is 2.90. The quantitative estimate of drug-likeness (QED) is 0.648. The molecule has 0 aliphatic carbocycles. The van der Waals surface area contributed by atoms with Gasteiger partial charge in [0.1, 0.15) is 22.8 Å². The topological polar surface area (TPSA) is 69.1 Å². The van der Waals surface area contributed by atoms with Crippen LogP contribution in [0.15, 0.2) is 12.1 Å². The Morgan fingerprint density at radius 2 is 2.00 bits per heavy atom. The van der Waals surface area contributed by atoms with Crippen molar-refractivity contribution in [3.05, 3.63) is 18.0 Å². The van der Waals surface area contributed by atoms with E-state index < -0.39 is 0 Å². The summed E-state index contributed by atoms with van der Waals surface area (Å²) in [4.78, 5) is 7.28. The molecule has 0 amide bonds. The molecule has 0 saturated carbocycles. The van der Waals surface area contributed by atoms with Crippen molar-refractivity contribution >= 4 is 11.0 Å². The van der Waals surface area contributed by atoms with E-state index >= 15 is 0 Å². The molecule has 0 aliphatic heterocycles. The van der Waals surface area contributed by atoms with E-state index in [1.807, 2.05) is 13.8 Å². The van der Waals surface area contributed by atoms with Crippen LogP contribution in [0.5, 0.6) is 11.5 Å². The number of imidazole rings is 1. The lowest BCUT2D eigenvalue weighted by atomic mass is 10.2. The smallest absolute Gasteiger partial charge is 0.147 e. The molecule has 0 atom stereocenters. The maximum atomic E-state index is 9.50. The first-order valence-corrected chi connectivity index (χ1v) is 4.49. The van der Waals surface area contributed by atoms with Crippen molar-refractivity contribution in [3.63, 3.8) is 0 Å². The Hall–Kier alpha value is -1.71. The second-order valence-corrected chi connectivity index (χ2v) is 3.64. The molecule has 2 rings (SSSR count). The molecule has 0 unspecified atom stereocenters. The van der Waals surface area contributed by atoms with Crippen molar-refractivity contribution in [2.45, 2.75) is 19.8 Å². The fourth-order valence-electron chi connectivity index (χ4n) is 1.38. The van der Waals surface area contributed by atoms with Gasteiger partial charge in [-0.25, -0.2) is 4.98 Å². The number of nitrogens with one attached hydrogen (secondary N) is 1. The van der Waals surface area contributed by atoms with Crippen LogP contribution >= 0.6 is 0 Å². The maximum absolute atomic E-state index is 9.50. The number of aromatic nitrogens is 2. The average Bonchev–Trinajstić information content (AvgIpc) is 2.47. The fraction of sp³-hybridized carbons (Fsp3) is 0.300. The summed E-state index contributed by atoms with van der Waals surface area (Å²) in [5.74, 6) is 1.11. The highest BCUT2D eigenvalue weighted by Crippen LogP contribution is 2.29. The Labute approximate surface area is 81.2 Å². The summed E-state index contributed by atoms with van der Waals surface area (Å²) in [6.45, 7) is 4.02. The van der Waals surface area contributed by atoms with Crippen molar-refractivity contribution in [1.82, 2.24) is 9.97 Å². The molecule has 14 heavy (non-hydrogen) atoms. The summed E-state index contributed by atoms with van der Waals surface area (Å²) >= 11 is 0. The van der Waals surface area contributed by atoms with Gasteiger partial charge in [0.05, 0.1) is 5.52 Å². The van der Waals surface area contributed by atoms with Gasteiger partial charge in [0.25, 0.3) is 0 Å².